The summed E-state index contributed by atoms with van der Waals surface area (Å²) < 4.78 is 5.23. The van der Waals surface area contributed by atoms with Gasteiger partial charge in [-0.05, 0) is 49.9 Å². The van der Waals surface area contributed by atoms with Gasteiger partial charge in [-0.3, -0.25) is 9.59 Å². The summed E-state index contributed by atoms with van der Waals surface area (Å²) >= 11 is 6.12. The predicted octanol–water partition coefficient (Wildman–Crippen LogP) is 2.71. The largest absolute Gasteiger partial charge is 0.379 e. The molecule has 2 fully saturated rings. The number of halogens is 1. The van der Waals surface area contributed by atoms with Gasteiger partial charge >= 0.3 is 0 Å². The van der Waals surface area contributed by atoms with E-state index in [-0.39, 0.29) is 23.3 Å². The first-order valence-corrected chi connectivity index (χ1v) is 9.19. The fourth-order valence-electron chi connectivity index (χ4n) is 3.43. The Morgan fingerprint density at radius 1 is 1.32 bits per heavy atom. The highest BCUT2D eigenvalue weighted by atomic mass is 35.5. The van der Waals surface area contributed by atoms with Crippen LogP contribution in [-0.2, 0) is 9.53 Å². The van der Waals surface area contributed by atoms with E-state index in [4.69, 9.17) is 16.3 Å². The Bertz CT molecular complexity index is 695. The van der Waals surface area contributed by atoms with Crippen molar-refractivity contribution in [3.8, 4) is 0 Å². The molecule has 0 radical (unpaired) electrons. The van der Waals surface area contributed by atoms with Crippen molar-refractivity contribution in [1.82, 2.24) is 10.2 Å². The third-order valence-corrected chi connectivity index (χ3v) is 5.87. The number of hydrogen-bond acceptors (Lipinski definition) is 3. The summed E-state index contributed by atoms with van der Waals surface area (Å²) in [5.41, 5.74) is 2.09. The van der Waals surface area contributed by atoms with Crippen LogP contribution in [0.2, 0.25) is 5.02 Å². The topological polar surface area (TPSA) is 58.6 Å². The molecule has 2 amide bonds. The van der Waals surface area contributed by atoms with Crippen molar-refractivity contribution in [3.05, 3.63) is 33.8 Å². The molecule has 0 spiro atoms. The maximum Gasteiger partial charge on any atom is 0.254 e. The molecular weight excluding hydrogens is 340 g/mol. The number of aryl methyl sites for hydroxylation is 2. The SMILES string of the molecule is CCC1(C(=O)N[C@@H]2CCN(C(=O)c3cc(C)c(Cl)cc3C)C2)COC1. The van der Waals surface area contributed by atoms with Crippen LogP contribution >= 0.6 is 11.6 Å². The highest BCUT2D eigenvalue weighted by Crippen LogP contribution is 2.32. The number of likely N-dealkylation sites (tertiary alicyclic amines) is 1. The summed E-state index contributed by atoms with van der Waals surface area (Å²) in [5, 5.41) is 3.78. The minimum atomic E-state index is -0.374. The van der Waals surface area contributed by atoms with Crippen LogP contribution in [-0.4, -0.2) is 49.1 Å². The first-order chi connectivity index (χ1) is 11.9. The number of nitrogens with zero attached hydrogens (tertiary/aromatic N) is 1. The van der Waals surface area contributed by atoms with E-state index in [1.807, 2.05) is 37.8 Å². The van der Waals surface area contributed by atoms with Crippen molar-refractivity contribution >= 4 is 23.4 Å². The molecule has 1 N–H and O–H groups in total. The first kappa shape index (κ1) is 18.2. The van der Waals surface area contributed by atoms with E-state index in [1.165, 1.54) is 0 Å². The fourth-order valence-corrected chi connectivity index (χ4v) is 3.65. The predicted molar refractivity (Wildman–Crippen MR) is 96.9 cm³/mol. The van der Waals surface area contributed by atoms with Gasteiger partial charge in [-0.15, -0.1) is 0 Å². The van der Waals surface area contributed by atoms with Crippen molar-refractivity contribution in [3.63, 3.8) is 0 Å². The Morgan fingerprint density at radius 2 is 2.04 bits per heavy atom. The molecule has 25 heavy (non-hydrogen) atoms. The van der Waals surface area contributed by atoms with Crippen molar-refractivity contribution in [2.75, 3.05) is 26.3 Å². The van der Waals surface area contributed by atoms with E-state index in [2.05, 4.69) is 5.32 Å². The summed E-state index contributed by atoms with van der Waals surface area (Å²) in [6.07, 6.45) is 1.56. The number of nitrogens with one attached hydrogen (secondary N) is 1. The van der Waals surface area contributed by atoms with Crippen molar-refractivity contribution < 1.29 is 14.3 Å². The maximum atomic E-state index is 12.8. The second kappa shape index (κ2) is 6.96. The third-order valence-electron chi connectivity index (χ3n) is 5.46. The Labute approximate surface area is 153 Å². The number of benzene rings is 1. The van der Waals surface area contributed by atoms with Crippen LogP contribution < -0.4 is 5.32 Å². The molecule has 3 rings (SSSR count). The number of amides is 2. The average molecular weight is 365 g/mol. The minimum absolute atomic E-state index is 0.00574. The molecule has 2 aliphatic heterocycles. The monoisotopic (exact) mass is 364 g/mol. The number of rotatable bonds is 4. The highest BCUT2D eigenvalue weighted by molar-refractivity contribution is 6.31. The molecule has 0 aromatic heterocycles. The van der Waals surface area contributed by atoms with Gasteiger partial charge in [0.25, 0.3) is 5.91 Å². The van der Waals surface area contributed by atoms with Gasteiger partial charge < -0.3 is 15.0 Å². The lowest BCUT2D eigenvalue weighted by Gasteiger charge is -2.39. The smallest absolute Gasteiger partial charge is 0.254 e. The molecule has 136 valence electrons. The standard InChI is InChI=1S/C19H25ClN2O3/c1-4-19(10-25-11-19)18(24)21-14-5-6-22(9-14)17(23)15-7-13(3)16(20)8-12(15)2/h7-8,14H,4-6,9-11H2,1-3H3,(H,21,24)/t14-/m1/s1. The molecule has 2 saturated heterocycles. The second-order valence-electron chi connectivity index (χ2n) is 7.25. The normalized spacial score (nSPS) is 21.8. The van der Waals surface area contributed by atoms with Gasteiger partial charge in [-0.2, -0.15) is 0 Å². The Morgan fingerprint density at radius 3 is 2.64 bits per heavy atom. The fraction of sp³-hybridized carbons (Fsp3) is 0.579. The van der Waals surface area contributed by atoms with Crippen LogP contribution in [0.1, 0.15) is 41.3 Å². The quantitative estimate of drug-likeness (QED) is 0.893. The van der Waals surface area contributed by atoms with E-state index < -0.39 is 0 Å². The van der Waals surface area contributed by atoms with Crippen molar-refractivity contribution in [2.45, 2.75) is 39.7 Å². The number of carbonyl (C=O) groups is 2. The third kappa shape index (κ3) is 3.40. The van der Waals surface area contributed by atoms with E-state index in [0.717, 1.165) is 24.0 Å². The Balaban J connectivity index is 1.64. The molecule has 2 heterocycles. The lowest BCUT2D eigenvalue weighted by Crippen LogP contribution is -2.56. The second-order valence-corrected chi connectivity index (χ2v) is 7.66. The van der Waals surface area contributed by atoms with Gasteiger partial charge in [-0.1, -0.05) is 18.5 Å². The molecule has 2 aliphatic rings. The van der Waals surface area contributed by atoms with Crippen LogP contribution in [0.15, 0.2) is 12.1 Å². The van der Waals surface area contributed by atoms with E-state index in [0.29, 0.717) is 36.9 Å². The molecule has 0 saturated carbocycles. The lowest BCUT2D eigenvalue weighted by molar-refractivity contribution is -0.162. The average Bonchev–Trinajstić information content (AvgIpc) is 2.98. The van der Waals surface area contributed by atoms with E-state index in [9.17, 15) is 9.59 Å². The Kier molecular flexibility index (Phi) is 5.07. The molecule has 1 atom stereocenters. The maximum absolute atomic E-state index is 12.8. The number of carbonyl (C=O) groups excluding carboxylic acids is 2. The molecule has 6 heteroatoms. The summed E-state index contributed by atoms with van der Waals surface area (Å²) in [7, 11) is 0. The summed E-state index contributed by atoms with van der Waals surface area (Å²) in [6, 6.07) is 3.69. The molecular formula is C19H25ClN2O3. The lowest BCUT2D eigenvalue weighted by atomic mass is 9.82. The number of hydrogen-bond donors (Lipinski definition) is 1. The van der Waals surface area contributed by atoms with Gasteiger partial charge in [0.2, 0.25) is 5.91 Å². The minimum Gasteiger partial charge on any atom is -0.379 e. The summed E-state index contributed by atoms with van der Waals surface area (Å²) in [4.78, 5) is 27.2. The number of ether oxygens (including phenoxy) is 1. The van der Waals surface area contributed by atoms with Crippen LogP contribution in [0.5, 0.6) is 0 Å². The van der Waals surface area contributed by atoms with Crippen LogP contribution in [0.25, 0.3) is 0 Å². The van der Waals surface area contributed by atoms with Crippen LogP contribution in [0, 0.1) is 19.3 Å². The van der Waals surface area contributed by atoms with Crippen LogP contribution in [0.3, 0.4) is 0 Å². The molecule has 0 aliphatic carbocycles. The highest BCUT2D eigenvalue weighted by Gasteiger charge is 2.45. The van der Waals surface area contributed by atoms with Gasteiger partial charge in [0, 0.05) is 29.7 Å². The first-order valence-electron chi connectivity index (χ1n) is 8.81. The summed E-state index contributed by atoms with van der Waals surface area (Å²) in [5.74, 6) is 0.0604. The van der Waals surface area contributed by atoms with Crippen molar-refractivity contribution in [2.24, 2.45) is 5.41 Å². The van der Waals surface area contributed by atoms with Gasteiger partial charge in [0.1, 0.15) is 0 Å². The van der Waals surface area contributed by atoms with E-state index >= 15 is 0 Å². The molecule has 5 nitrogen and oxygen atoms in total. The molecule has 0 bridgehead atoms. The Hall–Kier alpha value is -1.59. The summed E-state index contributed by atoms with van der Waals surface area (Å²) in [6.45, 7) is 8.00. The van der Waals surface area contributed by atoms with Crippen LogP contribution in [0.4, 0.5) is 0 Å². The van der Waals surface area contributed by atoms with E-state index in [1.54, 1.807) is 0 Å². The zero-order valence-electron chi connectivity index (χ0n) is 15.0. The molecule has 1 aromatic carbocycles. The zero-order valence-corrected chi connectivity index (χ0v) is 15.8. The van der Waals surface area contributed by atoms with Gasteiger partial charge in [0.15, 0.2) is 0 Å². The molecule has 1 aromatic rings. The zero-order chi connectivity index (χ0) is 18.2. The van der Waals surface area contributed by atoms with Crippen molar-refractivity contribution in [1.29, 1.82) is 0 Å². The van der Waals surface area contributed by atoms with Gasteiger partial charge in [-0.25, -0.2) is 0 Å². The molecule has 0 unspecified atom stereocenters. The van der Waals surface area contributed by atoms with Gasteiger partial charge in [0.05, 0.1) is 18.6 Å².